The molecule has 0 fully saturated rings. The second kappa shape index (κ2) is 3.96. The zero-order valence-corrected chi connectivity index (χ0v) is 8.94. The molecule has 0 aliphatic heterocycles. The molecule has 2 rings (SSSR count). The number of nitrogens with two attached hydrogens (primary N) is 1. The van der Waals surface area contributed by atoms with E-state index in [2.05, 4.69) is 10.4 Å². The van der Waals surface area contributed by atoms with Gasteiger partial charge in [-0.25, -0.2) is 15.2 Å². The van der Waals surface area contributed by atoms with Gasteiger partial charge in [0.1, 0.15) is 5.82 Å². The average molecular weight is 223 g/mol. The molecule has 0 spiro atoms. The molecule has 5 heteroatoms. The van der Waals surface area contributed by atoms with Crippen molar-refractivity contribution in [2.45, 2.75) is 6.92 Å². The fourth-order valence-electron chi connectivity index (χ4n) is 1.22. The van der Waals surface area contributed by atoms with Crippen molar-refractivity contribution in [1.29, 1.82) is 0 Å². The maximum absolute atomic E-state index is 13.3. The maximum Gasteiger partial charge on any atom is 0.197 e. The summed E-state index contributed by atoms with van der Waals surface area (Å²) < 4.78 is 13.3. The standard InChI is InChI=1S/C10H10FN3S/c1-6-2-3-7(4-8(6)11)9-5-15-10(13-9)14-12/h2-5H,12H2,1H3,(H,13,14). The van der Waals surface area contributed by atoms with Gasteiger partial charge in [0.2, 0.25) is 0 Å². The molecule has 0 radical (unpaired) electrons. The molecule has 2 aromatic rings. The summed E-state index contributed by atoms with van der Waals surface area (Å²) in [5, 5.41) is 2.45. The normalized spacial score (nSPS) is 10.3. The Morgan fingerprint density at radius 1 is 1.47 bits per heavy atom. The Hall–Kier alpha value is -1.46. The lowest BCUT2D eigenvalue weighted by molar-refractivity contribution is 0.619. The Balaban J connectivity index is 2.40. The number of anilines is 1. The summed E-state index contributed by atoms with van der Waals surface area (Å²) in [7, 11) is 0. The third-order valence-corrected chi connectivity index (χ3v) is 2.87. The first-order valence-corrected chi connectivity index (χ1v) is 5.27. The number of halogens is 1. The molecule has 1 aromatic carbocycles. The van der Waals surface area contributed by atoms with Gasteiger partial charge in [-0.15, -0.1) is 11.3 Å². The van der Waals surface area contributed by atoms with Crippen LogP contribution in [0.3, 0.4) is 0 Å². The Labute approximate surface area is 90.7 Å². The average Bonchev–Trinajstić information content (AvgIpc) is 2.70. The van der Waals surface area contributed by atoms with Crippen molar-refractivity contribution in [1.82, 2.24) is 4.98 Å². The van der Waals surface area contributed by atoms with Crippen LogP contribution in [0.15, 0.2) is 23.6 Å². The minimum absolute atomic E-state index is 0.220. The van der Waals surface area contributed by atoms with E-state index in [4.69, 9.17) is 5.84 Å². The molecule has 0 aliphatic rings. The van der Waals surface area contributed by atoms with E-state index in [1.54, 1.807) is 13.0 Å². The third-order valence-electron chi connectivity index (χ3n) is 2.10. The van der Waals surface area contributed by atoms with Gasteiger partial charge in [0.05, 0.1) is 5.69 Å². The lowest BCUT2D eigenvalue weighted by Gasteiger charge is -1.99. The highest BCUT2D eigenvalue weighted by molar-refractivity contribution is 7.14. The highest BCUT2D eigenvalue weighted by Crippen LogP contribution is 2.25. The van der Waals surface area contributed by atoms with Crippen LogP contribution in [0.5, 0.6) is 0 Å². The minimum Gasteiger partial charge on any atom is -0.300 e. The summed E-state index contributed by atoms with van der Waals surface area (Å²) >= 11 is 1.38. The van der Waals surface area contributed by atoms with Gasteiger partial charge in [0.15, 0.2) is 5.13 Å². The fraction of sp³-hybridized carbons (Fsp3) is 0.100. The van der Waals surface area contributed by atoms with Gasteiger partial charge >= 0.3 is 0 Å². The van der Waals surface area contributed by atoms with Crippen LogP contribution < -0.4 is 11.3 Å². The Bertz CT molecular complexity index is 481. The highest BCUT2D eigenvalue weighted by Gasteiger charge is 2.05. The zero-order valence-electron chi connectivity index (χ0n) is 8.12. The molecule has 0 saturated heterocycles. The summed E-state index contributed by atoms with van der Waals surface area (Å²) in [6.07, 6.45) is 0. The predicted molar refractivity (Wildman–Crippen MR) is 60.1 cm³/mol. The Morgan fingerprint density at radius 3 is 2.87 bits per heavy atom. The number of nitrogens with zero attached hydrogens (tertiary/aromatic N) is 1. The number of hydrogen-bond acceptors (Lipinski definition) is 4. The summed E-state index contributed by atoms with van der Waals surface area (Å²) in [5.41, 5.74) is 4.58. The number of rotatable bonds is 2. The third kappa shape index (κ3) is 1.98. The molecular weight excluding hydrogens is 213 g/mol. The van der Waals surface area contributed by atoms with E-state index >= 15 is 0 Å². The van der Waals surface area contributed by atoms with Crippen molar-refractivity contribution in [2.24, 2.45) is 5.84 Å². The van der Waals surface area contributed by atoms with Crippen LogP contribution >= 0.6 is 11.3 Å². The van der Waals surface area contributed by atoms with Crippen molar-refractivity contribution >= 4 is 16.5 Å². The van der Waals surface area contributed by atoms with Gasteiger partial charge in [-0.1, -0.05) is 12.1 Å². The lowest BCUT2D eigenvalue weighted by Crippen LogP contribution is -2.05. The topological polar surface area (TPSA) is 50.9 Å². The summed E-state index contributed by atoms with van der Waals surface area (Å²) in [6.45, 7) is 1.73. The van der Waals surface area contributed by atoms with Crippen LogP contribution in [-0.2, 0) is 0 Å². The number of hydrazine groups is 1. The molecule has 0 atom stereocenters. The van der Waals surface area contributed by atoms with Gasteiger partial charge in [0, 0.05) is 10.9 Å². The number of aryl methyl sites for hydroxylation is 1. The quantitative estimate of drug-likeness (QED) is 0.607. The lowest BCUT2D eigenvalue weighted by atomic mass is 10.1. The fourth-order valence-corrected chi connectivity index (χ4v) is 1.86. The van der Waals surface area contributed by atoms with Crippen molar-refractivity contribution in [2.75, 3.05) is 5.43 Å². The monoisotopic (exact) mass is 223 g/mol. The van der Waals surface area contributed by atoms with Crippen LogP contribution in [0.4, 0.5) is 9.52 Å². The van der Waals surface area contributed by atoms with Gasteiger partial charge in [-0.2, -0.15) is 0 Å². The maximum atomic E-state index is 13.3. The molecule has 15 heavy (non-hydrogen) atoms. The van der Waals surface area contributed by atoms with Crippen LogP contribution in [0.25, 0.3) is 11.3 Å². The number of aromatic nitrogens is 1. The van der Waals surface area contributed by atoms with Crippen LogP contribution in [-0.4, -0.2) is 4.98 Å². The first kappa shape index (κ1) is 10.1. The molecule has 0 unspecified atom stereocenters. The van der Waals surface area contributed by atoms with Crippen molar-refractivity contribution < 1.29 is 4.39 Å². The van der Waals surface area contributed by atoms with Gasteiger partial charge < -0.3 is 0 Å². The largest absolute Gasteiger partial charge is 0.300 e. The van der Waals surface area contributed by atoms with E-state index < -0.39 is 0 Å². The Morgan fingerprint density at radius 2 is 2.27 bits per heavy atom. The molecule has 1 heterocycles. The SMILES string of the molecule is Cc1ccc(-c2csc(NN)n2)cc1F. The summed E-state index contributed by atoms with van der Waals surface area (Å²) in [5.74, 6) is 5.00. The Kier molecular flexibility index (Phi) is 2.66. The van der Waals surface area contributed by atoms with Crippen LogP contribution in [0.2, 0.25) is 0 Å². The zero-order chi connectivity index (χ0) is 10.8. The minimum atomic E-state index is -0.220. The molecule has 0 saturated carbocycles. The van der Waals surface area contributed by atoms with E-state index in [1.165, 1.54) is 17.4 Å². The van der Waals surface area contributed by atoms with E-state index in [0.717, 1.165) is 11.3 Å². The van der Waals surface area contributed by atoms with Crippen molar-refractivity contribution in [3.63, 3.8) is 0 Å². The van der Waals surface area contributed by atoms with E-state index in [9.17, 15) is 4.39 Å². The number of nitrogens with one attached hydrogen (secondary N) is 1. The van der Waals surface area contributed by atoms with Gasteiger partial charge in [-0.3, -0.25) is 5.43 Å². The van der Waals surface area contributed by atoms with Gasteiger partial charge in [-0.05, 0) is 18.6 Å². The van der Waals surface area contributed by atoms with Crippen LogP contribution in [0.1, 0.15) is 5.56 Å². The number of thiazole rings is 1. The van der Waals surface area contributed by atoms with Crippen LogP contribution in [0, 0.1) is 12.7 Å². The molecule has 0 aliphatic carbocycles. The molecule has 78 valence electrons. The summed E-state index contributed by atoms with van der Waals surface area (Å²) in [4.78, 5) is 4.19. The second-order valence-electron chi connectivity index (χ2n) is 3.15. The molecule has 3 N–H and O–H groups in total. The number of benzene rings is 1. The van der Waals surface area contributed by atoms with Crippen molar-refractivity contribution in [3.8, 4) is 11.3 Å². The second-order valence-corrected chi connectivity index (χ2v) is 4.00. The van der Waals surface area contributed by atoms with Crippen molar-refractivity contribution in [3.05, 3.63) is 35.0 Å². The summed E-state index contributed by atoms with van der Waals surface area (Å²) in [6, 6.07) is 5.05. The molecule has 0 bridgehead atoms. The highest BCUT2D eigenvalue weighted by atomic mass is 32.1. The number of hydrogen-bond donors (Lipinski definition) is 2. The molecule has 3 nitrogen and oxygen atoms in total. The number of nitrogen functional groups attached to an aromatic ring is 1. The first-order valence-electron chi connectivity index (χ1n) is 4.39. The smallest absolute Gasteiger partial charge is 0.197 e. The van der Waals surface area contributed by atoms with Gasteiger partial charge in [0.25, 0.3) is 0 Å². The van der Waals surface area contributed by atoms with E-state index in [-0.39, 0.29) is 5.82 Å². The van der Waals surface area contributed by atoms with E-state index in [0.29, 0.717) is 10.7 Å². The molecular formula is C10H10FN3S. The molecule has 1 aromatic heterocycles. The van der Waals surface area contributed by atoms with E-state index in [1.807, 2.05) is 11.4 Å². The molecule has 0 amide bonds. The first-order chi connectivity index (χ1) is 7.20. The predicted octanol–water partition coefficient (Wildman–Crippen LogP) is 2.54.